The number of alkyl halides is 3. The van der Waals surface area contributed by atoms with Gasteiger partial charge in [-0.25, -0.2) is 5.90 Å². The lowest BCUT2D eigenvalue weighted by molar-refractivity contribution is -0.385. The standard InChI is InChI=1S/C10H11F3N2O3/c1-9(2,18-14)6-3-7(10(11,12)13)5-8(4-6)15(16)17/h3-5H,14H2,1-2H3. The molecule has 18 heavy (non-hydrogen) atoms. The van der Waals surface area contributed by atoms with Crippen molar-refractivity contribution in [2.24, 2.45) is 5.90 Å². The minimum Gasteiger partial charge on any atom is -0.294 e. The number of hydrogen-bond acceptors (Lipinski definition) is 4. The number of nitro benzene ring substituents is 1. The summed E-state index contributed by atoms with van der Waals surface area (Å²) >= 11 is 0. The van der Waals surface area contributed by atoms with E-state index in [1.807, 2.05) is 0 Å². The molecule has 0 aliphatic heterocycles. The van der Waals surface area contributed by atoms with Gasteiger partial charge in [-0.05, 0) is 25.5 Å². The molecule has 1 aromatic carbocycles. The highest BCUT2D eigenvalue weighted by Gasteiger charge is 2.35. The summed E-state index contributed by atoms with van der Waals surface area (Å²) in [6.45, 7) is 2.82. The van der Waals surface area contributed by atoms with Gasteiger partial charge in [0.15, 0.2) is 0 Å². The minimum atomic E-state index is -4.68. The van der Waals surface area contributed by atoms with E-state index in [0.29, 0.717) is 6.07 Å². The molecule has 1 aromatic rings. The van der Waals surface area contributed by atoms with E-state index in [1.54, 1.807) is 0 Å². The van der Waals surface area contributed by atoms with Crippen LogP contribution in [0.25, 0.3) is 0 Å². The molecule has 0 bridgehead atoms. The Morgan fingerprint density at radius 3 is 2.11 bits per heavy atom. The first kappa shape index (κ1) is 14.4. The summed E-state index contributed by atoms with van der Waals surface area (Å²) in [5.74, 6) is 4.97. The van der Waals surface area contributed by atoms with Gasteiger partial charge in [0.05, 0.1) is 10.5 Å². The second kappa shape index (κ2) is 4.54. The highest BCUT2D eigenvalue weighted by atomic mass is 19.4. The summed E-state index contributed by atoms with van der Waals surface area (Å²) < 4.78 is 37.8. The number of non-ortho nitro benzene ring substituents is 1. The molecule has 0 radical (unpaired) electrons. The molecule has 0 aliphatic carbocycles. The third-order valence-electron chi connectivity index (χ3n) is 2.45. The summed E-state index contributed by atoms with van der Waals surface area (Å²) in [5, 5.41) is 10.6. The van der Waals surface area contributed by atoms with Gasteiger partial charge in [0, 0.05) is 12.1 Å². The zero-order valence-corrected chi connectivity index (χ0v) is 9.62. The number of hydrogen-bond donors (Lipinski definition) is 1. The normalized spacial score (nSPS) is 12.6. The van der Waals surface area contributed by atoms with Gasteiger partial charge in [-0.1, -0.05) is 0 Å². The Kier molecular flexibility index (Phi) is 3.63. The number of rotatable bonds is 3. The lowest BCUT2D eigenvalue weighted by Crippen LogP contribution is -2.26. The van der Waals surface area contributed by atoms with Gasteiger partial charge in [0.2, 0.25) is 0 Å². The Balaban J connectivity index is 3.46. The lowest BCUT2D eigenvalue weighted by Gasteiger charge is -2.23. The predicted molar refractivity (Wildman–Crippen MR) is 56.4 cm³/mol. The molecule has 2 N–H and O–H groups in total. The number of nitrogens with two attached hydrogens (primary N) is 1. The van der Waals surface area contributed by atoms with E-state index in [-0.39, 0.29) is 5.56 Å². The van der Waals surface area contributed by atoms with Crippen LogP contribution >= 0.6 is 0 Å². The summed E-state index contributed by atoms with van der Waals surface area (Å²) in [7, 11) is 0. The maximum atomic E-state index is 12.6. The number of benzene rings is 1. The third-order valence-corrected chi connectivity index (χ3v) is 2.45. The van der Waals surface area contributed by atoms with Crippen molar-refractivity contribution < 1.29 is 22.9 Å². The van der Waals surface area contributed by atoms with Crippen LogP contribution in [0.1, 0.15) is 25.0 Å². The first-order valence-electron chi connectivity index (χ1n) is 4.83. The average Bonchev–Trinajstić information content (AvgIpc) is 2.27. The van der Waals surface area contributed by atoms with Gasteiger partial charge in [0.25, 0.3) is 5.69 Å². The van der Waals surface area contributed by atoms with E-state index in [9.17, 15) is 23.3 Å². The Labute approximate surface area is 100 Å². The van der Waals surface area contributed by atoms with Crippen LogP contribution in [0.15, 0.2) is 18.2 Å². The fourth-order valence-corrected chi connectivity index (χ4v) is 1.30. The zero-order valence-electron chi connectivity index (χ0n) is 9.62. The summed E-state index contributed by atoms with van der Waals surface area (Å²) in [5.41, 5.74) is -3.06. The van der Waals surface area contributed by atoms with Crippen LogP contribution in [0, 0.1) is 10.1 Å². The molecule has 0 fully saturated rings. The maximum Gasteiger partial charge on any atom is 0.416 e. The summed E-state index contributed by atoms with van der Waals surface area (Å²) in [6, 6.07) is 2.25. The monoisotopic (exact) mass is 264 g/mol. The van der Waals surface area contributed by atoms with Crippen molar-refractivity contribution in [3.05, 3.63) is 39.4 Å². The molecule has 100 valence electrons. The van der Waals surface area contributed by atoms with Crippen LogP contribution in [-0.4, -0.2) is 4.92 Å². The Hall–Kier alpha value is -1.67. The van der Waals surface area contributed by atoms with Crippen molar-refractivity contribution >= 4 is 5.69 Å². The summed E-state index contributed by atoms with van der Waals surface area (Å²) in [4.78, 5) is 14.3. The fourth-order valence-electron chi connectivity index (χ4n) is 1.30. The molecule has 0 amide bonds. The van der Waals surface area contributed by atoms with Gasteiger partial charge in [-0.2, -0.15) is 13.2 Å². The fraction of sp³-hybridized carbons (Fsp3) is 0.400. The number of nitrogens with zero attached hydrogens (tertiary/aromatic N) is 1. The lowest BCUT2D eigenvalue weighted by atomic mass is 9.95. The Morgan fingerprint density at radius 2 is 1.72 bits per heavy atom. The topological polar surface area (TPSA) is 78.4 Å². The molecule has 0 saturated heterocycles. The molecule has 0 heterocycles. The van der Waals surface area contributed by atoms with E-state index in [4.69, 9.17) is 5.90 Å². The molecule has 0 unspecified atom stereocenters. The third kappa shape index (κ3) is 2.96. The predicted octanol–water partition coefficient (Wildman–Crippen LogP) is 2.74. The van der Waals surface area contributed by atoms with Gasteiger partial charge in [-0.3, -0.25) is 15.0 Å². The molecular formula is C10H11F3N2O3. The second-order valence-corrected chi connectivity index (χ2v) is 4.15. The van der Waals surface area contributed by atoms with Gasteiger partial charge >= 0.3 is 6.18 Å². The highest BCUT2D eigenvalue weighted by molar-refractivity contribution is 5.42. The Bertz CT molecular complexity index is 472. The van der Waals surface area contributed by atoms with Crippen molar-refractivity contribution in [2.45, 2.75) is 25.6 Å². The molecule has 0 spiro atoms. The van der Waals surface area contributed by atoms with E-state index >= 15 is 0 Å². The van der Waals surface area contributed by atoms with Crippen molar-refractivity contribution in [2.75, 3.05) is 0 Å². The van der Waals surface area contributed by atoms with Gasteiger partial charge in [0.1, 0.15) is 5.60 Å². The first-order valence-corrected chi connectivity index (χ1v) is 4.83. The molecule has 8 heteroatoms. The van der Waals surface area contributed by atoms with Crippen LogP contribution in [0.3, 0.4) is 0 Å². The van der Waals surface area contributed by atoms with Crippen molar-refractivity contribution in [1.29, 1.82) is 0 Å². The van der Waals surface area contributed by atoms with E-state index in [1.165, 1.54) is 13.8 Å². The molecule has 0 saturated carbocycles. The zero-order chi connectivity index (χ0) is 14.1. The summed E-state index contributed by atoms with van der Waals surface area (Å²) in [6.07, 6.45) is -4.68. The van der Waals surface area contributed by atoms with Crippen molar-refractivity contribution in [1.82, 2.24) is 0 Å². The molecule has 0 aliphatic rings. The SMILES string of the molecule is CC(C)(ON)c1cc([N+](=O)[O-])cc(C(F)(F)F)c1. The number of halogens is 3. The maximum absolute atomic E-state index is 12.6. The molecule has 5 nitrogen and oxygen atoms in total. The van der Waals surface area contributed by atoms with Crippen LogP contribution in [0.2, 0.25) is 0 Å². The minimum absolute atomic E-state index is 0.0217. The molecular weight excluding hydrogens is 253 g/mol. The van der Waals surface area contributed by atoms with Crippen molar-refractivity contribution in [3.8, 4) is 0 Å². The van der Waals surface area contributed by atoms with Crippen LogP contribution in [0.5, 0.6) is 0 Å². The first-order chi connectivity index (χ1) is 8.08. The van der Waals surface area contributed by atoms with Crippen LogP contribution in [0.4, 0.5) is 18.9 Å². The van der Waals surface area contributed by atoms with Gasteiger partial charge < -0.3 is 0 Å². The molecule has 1 rings (SSSR count). The largest absolute Gasteiger partial charge is 0.416 e. The highest BCUT2D eigenvalue weighted by Crippen LogP contribution is 2.35. The van der Waals surface area contributed by atoms with Crippen LogP contribution < -0.4 is 5.90 Å². The van der Waals surface area contributed by atoms with Crippen LogP contribution in [-0.2, 0) is 16.6 Å². The van der Waals surface area contributed by atoms with E-state index in [2.05, 4.69) is 4.84 Å². The van der Waals surface area contributed by atoms with E-state index in [0.717, 1.165) is 12.1 Å². The average molecular weight is 264 g/mol. The van der Waals surface area contributed by atoms with Gasteiger partial charge in [-0.15, -0.1) is 0 Å². The smallest absolute Gasteiger partial charge is 0.294 e. The van der Waals surface area contributed by atoms with Crippen molar-refractivity contribution in [3.63, 3.8) is 0 Å². The number of nitro groups is 1. The van der Waals surface area contributed by atoms with E-state index < -0.39 is 28.0 Å². The second-order valence-electron chi connectivity index (χ2n) is 4.15. The Morgan fingerprint density at radius 1 is 1.22 bits per heavy atom. The molecule has 0 atom stereocenters. The quantitative estimate of drug-likeness (QED) is 0.672. The molecule has 0 aromatic heterocycles.